The normalized spacial score (nSPS) is 11.1. The Morgan fingerprint density at radius 3 is 2.71 bits per heavy atom. The first-order valence-corrected chi connectivity index (χ1v) is 5.66. The second-order valence-corrected chi connectivity index (χ2v) is 4.04. The lowest BCUT2D eigenvalue weighted by molar-refractivity contribution is 0.475. The monoisotopic (exact) mass is 228 g/mol. The number of imidazole rings is 1. The van der Waals surface area contributed by atoms with E-state index < -0.39 is 0 Å². The van der Waals surface area contributed by atoms with Crippen LogP contribution in [0.1, 0.15) is 17.7 Å². The molecule has 1 aromatic carbocycles. The van der Waals surface area contributed by atoms with Crippen molar-refractivity contribution in [3.05, 3.63) is 54.1 Å². The van der Waals surface area contributed by atoms with E-state index in [2.05, 4.69) is 17.1 Å². The topological polar surface area (TPSA) is 38.0 Å². The van der Waals surface area contributed by atoms with Gasteiger partial charge in [0.15, 0.2) is 0 Å². The number of phenols is 1. The Labute approximate surface area is 101 Å². The quantitative estimate of drug-likeness (QED) is 0.873. The highest BCUT2D eigenvalue weighted by Gasteiger charge is 1.93. The van der Waals surface area contributed by atoms with Crippen molar-refractivity contribution in [3.8, 4) is 5.75 Å². The molecule has 0 saturated heterocycles. The second kappa shape index (κ2) is 5.34. The average Bonchev–Trinajstić information content (AvgIpc) is 2.73. The molecule has 3 heteroatoms. The molecular formula is C14H16N2O. The summed E-state index contributed by atoms with van der Waals surface area (Å²) in [5, 5.41) is 9.16. The molecule has 0 radical (unpaired) electrons. The van der Waals surface area contributed by atoms with E-state index in [-0.39, 0.29) is 0 Å². The van der Waals surface area contributed by atoms with Crippen molar-refractivity contribution >= 4 is 6.08 Å². The summed E-state index contributed by atoms with van der Waals surface area (Å²) in [4.78, 5) is 4.05. The molecule has 88 valence electrons. The minimum Gasteiger partial charge on any atom is -0.508 e. The number of phenolic OH excluding ortho intramolecular Hbond substituents is 1. The number of hydrogen-bond acceptors (Lipinski definition) is 2. The van der Waals surface area contributed by atoms with Crippen LogP contribution in [0.2, 0.25) is 0 Å². The average molecular weight is 228 g/mol. The molecule has 0 aliphatic rings. The van der Waals surface area contributed by atoms with Gasteiger partial charge in [0.2, 0.25) is 0 Å². The third-order valence-electron chi connectivity index (χ3n) is 2.68. The predicted molar refractivity (Wildman–Crippen MR) is 68.7 cm³/mol. The summed E-state index contributed by atoms with van der Waals surface area (Å²) < 4.78 is 1.98. The molecule has 0 aliphatic carbocycles. The maximum Gasteiger partial charge on any atom is 0.115 e. The molecule has 0 unspecified atom stereocenters. The number of hydrogen-bond donors (Lipinski definition) is 1. The van der Waals surface area contributed by atoms with Crippen LogP contribution in [-0.4, -0.2) is 14.7 Å². The lowest BCUT2D eigenvalue weighted by atomic mass is 10.1. The summed E-state index contributed by atoms with van der Waals surface area (Å²) in [7, 11) is 1.98. The van der Waals surface area contributed by atoms with Crippen LogP contribution in [0.25, 0.3) is 6.08 Å². The maximum atomic E-state index is 9.16. The van der Waals surface area contributed by atoms with Crippen LogP contribution < -0.4 is 0 Å². The molecule has 0 saturated carbocycles. The first kappa shape index (κ1) is 11.5. The summed E-state index contributed by atoms with van der Waals surface area (Å²) in [5.41, 5.74) is 2.34. The number of allylic oxidation sites excluding steroid dienone is 1. The van der Waals surface area contributed by atoms with Gasteiger partial charge in [0.25, 0.3) is 0 Å². The zero-order valence-electron chi connectivity index (χ0n) is 9.87. The lowest BCUT2D eigenvalue weighted by Crippen LogP contribution is -1.87. The number of rotatable bonds is 4. The molecule has 1 aromatic heterocycles. The largest absolute Gasteiger partial charge is 0.508 e. The van der Waals surface area contributed by atoms with Gasteiger partial charge in [-0.3, -0.25) is 0 Å². The van der Waals surface area contributed by atoms with Gasteiger partial charge in [-0.15, -0.1) is 0 Å². The number of benzene rings is 1. The highest BCUT2D eigenvalue weighted by atomic mass is 16.3. The van der Waals surface area contributed by atoms with E-state index in [1.54, 1.807) is 18.5 Å². The summed E-state index contributed by atoms with van der Waals surface area (Å²) >= 11 is 0. The number of nitrogens with zero attached hydrogens (tertiary/aromatic N) is 2. The van der Waals surface area contributed by atoms with E-state index in [1.165, 1.54) is 5.56 Å². The molecular weight excluding hydrogens is 212 g/mol. The minimum absolute atomic E-state index is 0.319. The van der Waals surface area contributed by atoms with Gasteiger partial charge < -0.3 is 9.67 Å². The molecule has 1 N–H and O–H groups in total. The molecule has 0 aliphatic heterocycles. The van der Waals surface area contributed by atoms with Crippen molar-refractivity contribution in [1.29, 1.82) is 0 Å². The van der Waals surface area contributed by atoms with E-state index in [4.69, 9.17) is 5.11 Å². The van der Waals surface area contributed by atoms with Crippen LogP contribution in [0.5, 0.6) is 5.75 Å². The van der Waals surface area contributed by atoms with E-state index in [0.29, 0.717) is 5.75 Å². The standard InChI is InChI=1S/C14H16N2O/c1-16-11-15-10-13(16)5-3-2-4-12-6-8-14(17)9-7-12/h3,5-11,17H,2,4H2,1H3/b5-3+. The lowest BCUT2D eigenvalue weighted by Gasteiger charge is -1.98. The third-order valence-corrected chi connectivity index (χ3v) is 2.68. The van der Waals surface area contributed by atoms with Gasteiger partial charge in [0.1, 0.15) is 5.75 Å². The predicted octanol–water partition coefficient (Wildman–Crippen LogP) is 2.77. The highest BCUT2D eigenvalue weighted by Crippen LogP contribution is 2.11. The fourth-order valence-corrected chi connectivity index (χ4v) is 1.64. The zero-order chi connectivity index (χ0) is 12.1. The number of aryl methyl sites for hydroxylation is 2. The Hall–Kier alpha value is -2.03. The van der Waals surface area contributed by atoms with Crippen molar-refractivity contribution in [2.75, 3.05) is 0 Å². The first-order chi connectivity index (χ1) is 8.25. The van der Waals surface area contributed by atoms with Gasteiger partial charge in [-0.25, -0.2) is 4.98 Å². The van der Waals surface area contributed by atoms with Gasteiger partial charge in [-0.05, 0) is 36.6 Å². The molecule has 3 nitrogen and oxygen atoms in total. The summed E-state index contributed by atoms with van der Waals surface area (Å²) in [6.45, 7) is 0. The van der Waals surface area contributed by atoms with Crippen molar-refractivity contribution in [2.24, 2.45) is 7.05 Å². The van der Waals surface area contributed by atoms with Crippen LogP contribution in [0.4, 0.5) is 0 Å². The molecule has 0 amide bonds. The summed E-state index contributed by atoms with van der Waals surface area (Å²) in [6.07, 6.45) is 9.82. The highest BCUT2D eigenvalue weighted by molar-refractivity contribution is 5.43. The fraction of sp³-hybridized carbons (Fsp3) is 0.214. The van der Waals surface area contributed by atoms with E-state index >= 15 is 0 Å². The molecule has 0 fully saturated rings. The van der Waals surface area contributed by atoms with Crippen LogP contribution in [0.3, 0.4) is 0 Å². The van der Waals surface area contributed by atoms with Crippen molar-refractivity contribution in [2.45, 2.75) is 12.8 Å². The van der Waals surface area contributed by atoms with Crippen LogP contribution in [0, 0.1) is 0 Å². The molecule has 0 bridgehead atoms. The Balaban J connectivity index is 1.85. The molecule has 0 spiro atoms. The second-order valence-electron chi connectivity index (χ2n) is 4.04. The smallest absolute Gasteiger partial charge is 0.115 e. The van der Waals surface area contributed by atoms with Gasteiger partial charge in [0.05, 0.1) is 18.2 Å². The maximum absolute atomic E-state index is 9.16. The molecule has 2 rings (SSSR count). The van der Waals surface area contributed by atoms with Crippen LogP contribution in [-0.2, 0) is 13.5 Å². The van der Waals surface area contributed by atoms with E-state index in [9.17, 15) is 0 Å². The molecule has 1 heterocycles. The summed E-state index contributed by atoms with van der Waals surface area (Å²) in [5.74, 6) is 0.319. The van der Waals surface area contributed by atoms with E-state index in [0.717, 1.165) is 18.5 Å². The molecule has 2 aromatic rings. The zero-order valence-corrected chi connectivity index (χ0v) is 9.87. The minimum atomic E-state index is 0.319. The van der Waals surface area contributed by atoms with E-state index in [1.807, 2.05) is 29.9 Å². The Kier molecular flexibility index (Phi) is 3.60. The Bertz CT molecular complexity index is 497. The van der Waals surface area contributed by atoms with Crippen LogP contribution >= 0.6 is 0 Å². The Morgan fingerprint density at radius 2 is 2.06 bits per heavy atom. The SMILES string of the molecule is Cn1cncc1/C=C/CCc1ccc(O)cc1. The van der Waals surface area contributed by atoms with Crippen molar-refractivity contribution < 1.29 is 5.11 Å². The van der Waals surface area contributed by atoms with Crippen molar-refractivity contribution in [1.82, 2.24) is 9.55 Å². The molecule has 0 atom stereocenters. The van der Waals surface area contributed by atoms with Gasteiger partial charge >= 0.3 is 0 Å². The Morgan fingerprint density at radius 1 is 1.29 bits per heavy atom. The third kappa shape index (κ3) is 3.21. The van der Waals surface area contributed by atoms with Gasteiger partial charge in [0, 0.05) is 7.05 Å². The summed E-state index contributed by atoms with van der Waals surface area (Å²) in [6, 6.07) is 7.35. The fourth-order valence-electron chi connectivity index (χ4n) is 1.64. The number of aromatic hydroxyl groups is 1. The van der Waals surface area contributed by atoms with Crippen LogP contribution in [0.15, 0.2) is 42.9 Å². The van der Waals surface area contributed by atoms with Crippen molar-refractivity contribution in [3.63, 3.8) is 0 Å². The van der Waals surface area contributed by atoms with Gasteiger partial charge in [-0.1, -0.05) is 18.2 Å². The molecule has 17 heavy (non-hydrogen) atoms. The first-order valence-electron chi connectivity index (χ1n) is 5.66. The van der Waals surface area contributed by atoms with Gasteiger partial charge in [-0.2, -0.15) is 0 Å². The number of aromatic nitrogens is 2.